The molecule has 2 N–H and O–H groups in total. The quantitative estimate of drug-likeness (QED) is 0.390. The molecule has 1 atom stereocenters. The minimum Gasteiger partial charge on any atom is -0.489 e. The van der Waals surface area contributed by atoms with Crippen molar-refractivity contribution in [2.75, 3.05) is 13.6 Å². The molecule has 26 heavy (non-hydrogen) atoms. The van der Waals surface area contributed by atoms with E-state index in [1.165, 1.54) is 5.56 Å². The lowest BCUT2D eigenvalue weighted by molar-refractivity contribution is 0.223. The van der Waals surface area contributed by atoms with Crippen LogP contribution in [-0.2, 0) is 6.54 Å². The normalized spacial score (nSPS) is 11.7. The Bertz CT molecular complexity index is 770. The summed E-state index contributed by atoms with van der Waals surface area (Å²) in [5, 5.41) is 15.4. The standard InChI is InChI=1S/C20H24N4O.HI/c1-15-6-4-9-19(10-15)25-16(2)13-23-20(22-3)24-14-18-8-5-7-17(11-18)12-21;/h4-11,16H,13-14H2,1-3H3,(H2,22,23,24);1H. The van der Waals surface area contributed by atoms with Gasteiger partial charge in [0, 0.05) is 13.6 Å². The number of halogens is 1. The highest BCUT2D eigenvalue weighted by Gasteiger charge is 2.06. The Kier molecular flexibility index (Phi) is 9.52. The number of aliphatic imine (C=N–C) groups is 1. The zero-order valence-electron chi connectivity index (χ0n) is 15.3. The topological polar surface area (TPSA) is 69.4 Å². The molecule has 0 aliphatic carbocycles. The average molecular weight is 464 g/mol. The van der Waals surface area contributed by atoms with Crippen LogP contribution in [0.15, 0.2) is 53.5 Å². The Morgan fingerprint density at radius 2 is 1.96 bits per heavy atom. The van der Waals surface area contributed by atoms with Gasteiger partial charge in [0.1, 0.15) is 11.9 Å². The van der Waals surface area contributed by atoms with Gasteiger partial charge in [-0.1, -0.05) is 24.3 Å². The van der Waals surface area contributed by atoms with E-state index in [0.717, 1.165) is 11.3 Å². The van der Waals surface area contributed by atoms with Gasteiger partial charge in [-0.25, -0.2) is 0 Å². The van der Waals surface area contributed by atoms with Gasteiger partial charge in [-0.15, -0.1) is 24.0 Å². The predicted molar refractivity (Wildman–Crippen MR) is 116 cm³/mol. The van der Waals surface area contributed by atoms with Gasteiger partial charge in [0.05, 0.1) is 18.2 Å². The van der Waals surface area contributed by atoms with Gasteiger partial charge in [-0.2, -0.15) is 5.26 Å². The molecule has 0 spiro atoms. The molecule has 0 saturated heterocycles. The summed E-state index contributed by atoms with van der Waals surface area (Å²) in [6, 6.07) is 17.7. The molecule has 0 aliphatic rings. The molecular formula is C20H25IN4O. The second-order valence-corrected chi connectivity index (χ2v) is 5.86. The Morgan fingerprint density at radius 1 is 1.19 bits per heavy atom. The van der Waals surface area contributed by atoms with Crippen LogP contribution < -0.4 is 15.4 Å². The highest BCUT2D eigenvalue weighted by atomic mass is 127. The zero-order chi connectivity index (χ0) is 18.1. The molecule has 0 heterocycles. The summed E-state index contributed by atoms with van der Waals surface area (Å²) in [6.07, 6.45) is 0.00210. The number of aryl methyl sites for hydroxylation is 1. The molecule has 6 heteroatoms. The van der Waals surface area contributed by atoms with E-state index < -0.39 is 0 Å². The number of ether oxygens (including phenoxy) is 1. The van der Waals surface area contributed by atoms with Crippen molar-refractivity contribution in [3.8, 4) is 11.8 Å². The molecular weight excluding hydrogens is 439 g/mol. The predicted octanol–water partition coefficient (Wildman–Crippen LogP) is 3.62. The lowest BCUT2D eigenvalue weighted by atomic mass is 10.1. The van der Waals surface area contributed by atoms with E-state index in [0.29, 0.717) is 24.6 Å². The zero-order valence-corrected chi connectivity index (χ0v) is 17.7. The molecule has 1 unspecified atom stereocenters. The summed E-state index contributed by atoms with van der Waals surface area (Å²) in [5.74, 6) is 1.56. The summed E-state index contributed by atoms with van der Waals surface area (Å²) >= 11 is 0. The molecule has 0 aliphatic heterocycles. The van der Waals surface area contributed by atoms with Crippen molar-refractivity contribution >= 4 is 29.9 Å². The number of guanidine groups is 1. The van der Waals surface area contributed by atoms with Gasteiger partial charge in [0.25, 0.3) is 0 Å². The number of hydrogen-bond acceptors (Lipinski definition) is 3. The van der Waals surface area contributed by atoms with Gasteiger partial charge in [0.15, 0.2) is 5.96 Å². The van der Waals surface area contributed by atoms with Crippen LogP contribution in [0, 0.1) is 18.3 Å². The summed E-state index contributed by atoms with van der Waals surface area (Å²) in [7, 11) is 1.73. The molecule has 0 fully saturated rings. The first-order valence-electron chi connectivity index (χ1n) is 8.27. The summed E-state index contributed by atoms with van der Waals surface area (Å²) < 4.78 is 5.90. The van der Waals surface area contributed by atoms with E-state index in [2.05, 4.69) is 21.7 Å². The van der Waals surface area contributed by atoms with Crippen molar-refractivity contribution in [1.82, 2.24) is 10.6 Å². The Labute approximate surface area is 172 Å². The first-order valence-corrected chi connectivity index (χ1v) is 8.27. The van der Waals surface area contributed by atoms with Crippen molar-refractivity contribution in [1.29, 1.82) is 5.26 Å². The number of nitrogens with zero attached hydrogens (tertiary/aromatic N) is 2. The molecule has 2 aromatic rings. The fourth-order valence-electron chi connectivity index (χ4n) is 2.36. The Balaban J connectivity index is 0.00000338. The van der Waals surface area contributed by atoms with E-state index in [1.54, 1.807) is 13.1 Å². The summed E-state index contributed by atoms with van der Waals surface area (Å²) in [4.78, 5) is 4.21. The highest BCUT2D eigenvalue weighted by Crippen LogP contribution is 2.13. The number of nitrogens with one attached hydrogen (secondary N) is 2. The number of hydrogen-bond donors (Lipinski definition) is 2. The Hall–Kier alpha value is -2.27. The van der Waals surface area contributed by atoms with Crippen molar-refractivity contribution in [3.63, 3.8) is 0 Å². The highest BCUT2D eigenvalue weighted by molar-refractivity contribution is 14.0. The molecule has 2 aromatic carbocycles. The first-order chi connectivity index (χ1) is 12.1. The van der Waals surface area contributed by atoms with Gasteiger partial charge in [-0.3, -0.25) is 4.99 Å². The van der Waals surface area contributed by atoms with Crippen molar-refractivity contribution in [2.45, 2.75) is 26.5 Å². The lowest BCUT2D eigenvalue weighted by Gasteiger charge is -2.18. The fraction of sp³-hybridized carbons (Fsp3) is 0.300. The second kappa shape index (κ2) is 11.4. The van der Waals surface area contributed by atoms with Crippen LogP contribution in [0.1, 0.15) is 23.6 Å². The minimum atomic E-state index is 0. The maximum atomic E-state index is 8.95. The smallest absolute Gasteiger partial charge is 0.191 e. The van der Waals surface area contributed by atoms with E-state index >= 15 is 0 Å². The Morgan fingerprint density at radius 3 is 2.65 bits per heavy atom. The third kappa shape index (κ3) is 7.31. The maximum absolute atomic E-state index is 8.95. The average Bonchev–Trinajstić information content (AvgIpc) is 2.62. The third-order valence-electron chi connectivity index (χ3n) is 3.62. The van der Waals surface area contributed by atoms with Crippen molar-refractivity contribution < 1.29 is 4.74 Å². The van der Waals surface area contributed by atoms with Crippen LogP contribution in [0.5, 0.6) is 5.75 Å². The van der Waals surface area contributed by atoms with Gasteiger partial charge >= 0.3 is 0 Å². The first kappa shape index (κ1) is 21.8. The van der Waals surface area contributed by atoms with Gasteiger partial charge < -0.3 is 15.4 Å². The maximum Gasteiger partial charge on any atom is 0.191 e. The molecule has 0 radical (unpaired) electrons. The van der Waals surface area contributed by atoms with Crippen LogP contribution in [-0.4, -0.2) is 25.7 Å². The van der Waals surface area contributed by atoms with Gasteiger partial charge in [0.2, 0.25) is 0 Å². The monoisotopic (exact) mass is 464 g/mol. The van der Waals surface area contributed by atoms with E-state index in [4.69, 9.17) is 10.00 Å². The van der Waals surface area contributed by atoms with Crippen LogP contribution in [0.4, 0.5) is 0 Å². The van der Waals surface area contributed by atoms with Gasteiger partial charge in [-0.05, 0) is 49.2 Å². The van der Waals surface area contributed by atoms with Crippen LogP contribution in [0.2, 0.25) is 0 Å². The molecule has 2 rings (SSSR count). The number of nitriles is 1. The van der Waals surface area contributed by atoms with Crippen LogP contribution in [0.25, 0.3) is 0 Å². The van der Waals surface area contributed by atoms with Crippen molar-refractivity contribution in [2.24, 2.45) is 4.99 Å². The SMILES string of the molecule is CN=C(NCc1cccc(C#N)c1)NCC(C)Oc1cccc(C)c1.I. The van der Waals surface area contributed by atoms with Crippen LogP contribution in [0.3, 0.4) is 0 Å². The fourth-order valence-corrected chi connectivity index (χ4v) is 2.36. The van der Waals surface area contributed by atoms with E-state index in [9.17, 15) is 0 Å². The van der Waals surface area contributed by atoms with Crippen LogP contribution >= 0.6 is 24.0 Å². The largest absolute Gasteiger partial charge is 0.489 e. The second-order valence-electron chi connectivity index (χ2n) is 5.86. The summed E-state index contributed by atoms with van der Waals surface area (Å²) in [6.45, 7) is 5.29. The molecule has 0 saturated carbocycles. The minimum absolute atomic E-state index is 0. The van der Waals surface area contributed by atoms with E-state index in [1.807, 2.05) is 56.3 Å². The van der Waals surface area contributed by atoms with Crippen molar-refractivity contribution in [3.05, 3.63) is 65.2 Å². The summed E-state index contributed by atoms with van der Waals surface area (Å²) in [5.41, 5.74) is 2.86. The number of rotatable bonds is 6. The molecule has 0 amide bonds. The lowest BCUT2D eigenvalue weighted by Crippen LogP contribution is -2.41. The molecule has 0 bridgehead atoms. The molecule has 138 valence electrons. The molecule has 5 nitrogen and oxygen atoms in total. The number of benzene rings is 2. The van der Waals surface area contributed by atoms with E-state index in [-0.39, 0.29) is 30.1 Å². The third-order valence-corrected chi connectivity index (χ3v) is 3.62. The molecule has 0 aromatic heterocycles.